The molecule has 2 aliphatic heterocycles. The molecule has 0 unspecified atom stereocenters. The second-order valence-electron chi connectivity index (χ2n) is 7.68. The third kappa shape index (κ3) is 4.93. The molecule has 7 nitrogen and oxygen atoms in total. The van der Waals surface area contributed by atoms with Crippen molar-refractivity contribution in [1.29, 1.82) is 0 Å². The number of ketones is 1. The van der Waals surface area contributed by atoms with Crippen LogP contribution in [0.5, 0.6) is 17.2 Å². The minimum Gasteiger partial charge on any atom is -0.494 e. The number of thioether (sulfide) groups is 1. The minimum absolute atomic E-state index is 0.0607. The SMILES string of the molecule is CCOc1ccc(C(=O)CSC2=NC(=Cc3ccc4c(c3)OCO4)C(=O)N2c2ccccc2)cc1. The van der Waals surface area contributed by atoms with Crippen LogP contribution < -0.4 is 19.1 Å². The van der Waals surface area contributed by atoms with E-state index in [0.29, 0.717) is 34.5 Å². The number of hydrogen-bond donors (Lipinski definition) is 0. The van der Waals surface area contributed by atoms with E-state index >= 15 is 0 Å². The molecule has 0 fully saturated rings. The van der Waals surface area contributed by atoms with Crippen molar-refractivity contribution >= 4 is 40.4 Å². The molecule has 8 heteroatoms. The summed E-state index contributed by atoms with van der Waals surface area (Å²) in [6, 6.07) is 21.8. The summed E-state index contributed by atoms with van der Waals surface area (Å²) in [6.45, 7) is 2.65. The van der Waals surface area contributed by atoms with Crippen molar-refractivity contribution < 1.29 is 23.8 Å². The molecule has 0 spiro atoms. The van der Waals surface area contributed by atoms with Gasteiger partial charge in [-0.25, -0.2) is 4.99 Å². The van der Waals surface area contributed by atoms with Crippen molar-refractivity contribution in [3.8, 4) is 17.2 Å². The summed E-state index contributed by atoms with van der Waals surface area (Å²) in [6.07, 6.45) is 1.71. The molecule has 2 heterocycles. The highest BCUT2D eigenvalue weighted by Crippen LogP contribution is 2.34. The molecule has 5 rings (SSSR count). The van der Waals surface area contributed by atoms with Gasteiger partial charge in [-0.3, -0.25) is 14.5 Å². The van der Waals surface area contributed by atoms with Crippen LogP contribution in [0, 0.1) is 0 Å². The monoisotopic (exact) mass is 486 g/mol. The highest BCUT2D eigenvalue weighted by Gasteiger charge is 2.32. The van der Waals surface area contributed by atoms with Gasteiger partial charge >= 0.3 is 0 Å². The third-order valence-corrected chi connectivity index (χ3v) is 6.30. The van der Waals surface area contributed by atoms with Gasteiger partial charge in [-0.1, -0.05) is 36.0 Å². The summed E-state index contributed by atoms with van der Waals surface area (Å²) < 4.78 is 16.2. The molecule has 0 atom stereocenters. The Morgan fingerprint density at radius 2 is 1.83 bits per heavy atom. The Bertz CT molecular complexity index is 1320. The highest BCUT2D eigenvalue weighted by molar-refractivity contribution is 8.14. The van der Waals surface area contributed by atoms with Crippen molar-refractivity contribution in [2.75, 3.05) is 24.1 Å². The predicted octanol–water partition coefficient (Wildman–Crippen LogP) is 5.17. The molecule has 0 bridgehead atoms. The molecular formula is C27H22N2O5S. The van der Waals surface area contributed by atoms with Gasteiger partial charge in [0, 0.05) is 5.56 Å². The van der Waals surface area contributed by atoms with E-state index in [1.54, 1.807) is 36.4 Å². The van der Waals surface area contributed by atoms with E-state index in [1.165, 1.54) is 16.7 Å². The van der Waals surface area contributed by atoms with Crippen LogP contribution in [0.3, 0.4) is 0 Å². The Morgan fingerprint density at radius 3 is 2.60 bits per heavy atom. The number of carbonyl (C=O) groups is 2. The Morgan fingerprint density at radius 1 is 1.06 bits per heavy atom. The normalized spacial score (nSPS) is 15.5. The summed E-state index contributed by atoms with van der Waals surface area (Å²) in [4.78, 5) is 32.3. The molecule has 176 valence electrons. The van der Waals surface area contributed by atoms with Gasteiger partial charge in [0.25, 0.3) is 5.91 Å². The van der Waals surface area contributed by atoms with E-state index in [9.17, 15) is 9.59 Å². The highest BCUT2D eigenvalue weighted by atomic mass is 32.2. The molecule has 0 aliphatic carbocycles. The van der Waals surface area contributed by atoms with Crippen molar-refractivity contribution in [3.05, 3.63) is 89.6 Å². The second kappa shape index (κ2) is 10.1. The van der Waals surface area contributed by atoms with Crippen LogP contribution in [-0.2, 0) is 4.79 Å². The van der Waals surface area contributed by atoms with Gasteiger partial charge < -0.3 is 14.2 Å². The molecule has 3 aromatic carbocycles. The van der Waals surface area contributed by atoms with Crippen molar-refractivity contribution in [1.82, 2.24) is 0 Å². The molecule has 3 aromatic rings. The van der Waals surface area contributed by atoms with Gasteiger partial charge in [-0.05, 0) is 67.1 Å². The van der Waals surface area contributed by atoms with Crippen LogP contribution in [0.15, 0.2) is 83.5 Å². The summed E-state index contributed by atoms with van der Waals surface area (Å²) in [5, 5.41) is 0.451. The standard InChI is InChI=1S/C27H22N2O5S/c1-2-32-21-11-9-19(10-12-21)23(30)16-35-27-28-22(26(31)29(27)20-6-4-3-5-7-20)14-18-8-13-24-25(15-18)34-17-33-24/h3-15H,2,16-17H2,1H3. The molecular weight excluding hydrogens is 464 g/mol. The zero-order chi connectivity index (χ0) is 24.2. The van der Waals surface area contributed by atoms with Gasteiger partial charge in [0.2, 0.25) is 6.79 Å². The fraction of sp³-hybridized carbons (Fsp3) is 0.148. The molecule has 0 saturated carbocycles. The number of ether oxygens (including phenoxy) is 3. The van der Waals surface area contributed by atoms with E-state index in [4.69, 9.17) is 14.2 Å². The molecule has 0 N–H and O–H groups in total. The number of aliphatic imine (C=N–C) groups is 1. The number of fused-ring (bicyclic) bond motifs is 1. The van der Waals surface area contributed by atoms with Crippen LogP contribution in [0.25, 0.3) is 6.08 Å². The quantitative estimate of drug-likeness (QED) is 0.339. The first-order valence-electron chi connectivity index (χ1n) is 11.1. The number of amides is 1. The number of benzene rings is 3. The summed E-state index contributed by atoms with van der Waals surface area (Å²) in [5.41, 5.74) is 2.31. The number of nitrogens with zero attached hydrogens (tertiary/aromatic N) is 2. The lowest BCUT2D eigenvalue weighted by atomic mass is 10.1. The van der Waals surface area contributed by atoms with E-state index in [0.717, 1.165) is 11.3 Å². The van der Waals surface area contributed by atoms with Gasteiger partial charge in [-0.2, -0.15) is 0 Å². The third-order valence-electron chi connectivity index (χ3n) is 5.36. The topological polar surface area (TPSA) is 77.4 Å². The molecule has 0 aromatic heterocycles. The van der Waals surface area contributed by atoms with Crippen molar-refractivity contribution in [3.63, 3.8) is 0 Å². The number of anilines is 1. The summed E-state index contributed by atoms with van der Waals surface area (Å²) in [7, 11) is 0. The van der Waals surface area contributed by atoms with Crippen molar-refractivity contribution in [2.45, 2.75) is 6.92 Å². The van der Waals surface area contributed by atoms with Crippen LogP contribution in [0.1, 0.15) is 22.8 Å². The Kier molecular flexibility index (Phi) is 6.54. The largest absolute Gasteiger partial charge is 0.494 e. The van der Waals surface area contributed by atoms with Gasteiger partial charge in [0.05, 0.1) is 18.0 Å². The maximum absolute atomic E-state index is 13.3. The van der Waals surface area contributed by atoms with Gasteiger partial charge in [-0.15, -0.1) is 0 Å². The number of carbonyl (C=O) groups excluding carboxylic acids is 2. The smallest absolute Gasteiger partial charge is 0.283 e. The number of para-hydroxylation sites is 1. The first kappa shape index (κ1) is 22.7. The lowest BCUT2D eigenvalue weighted by molar-refractivity contribution is -0.113. The lowest BCUT2D eigenvalue weighted by Gasteiger charge is -2.17. The summed E-state index contributed by atoms with van der Waals surface area (Å²) in [5.74, 6) is 1.84. The predicted molar refractivity (Wildman–Crippen MR) is 136 cm³/mol. The fourth-order valence-electron chi connectivity index (χ4n) is 3.68. The van der Waals surface area contributed by atoms with Crippen LogP contribution in [-0.4, -0.2) is 36.0 Å². The fourth-order valence-corrected chi connectivity index (χ4v) is 4.58. The van der Waals surface area contributed by atoms with Gasteiger partial charge in [0.1, 0.15) is 11.4 Å². The Hall–Kier alpha value is -4.04. The number of hydrogen-bond acceptors (Lipinski definition) is 7. The molecule has 1 amide bonds. The van der Waals surface area contributed by atoms with E-state index in [1.807, 2.05) is 49.4 Å². The number of Topliss-reactive ketones (excluding diaryl/α,β-unsaturated/α-hetero) is 1. The van der Waals surface area contributed by atoms with Crippen molar-refractivity contribution in [2.24, 2.45) is 4.99 Å². The Balaban J connectivity index is 1.38. The van der Waals surface area contributed by atoms with E-state index in [-0.39, 0.29) is 29.9 Å². The van der Waals surface area contributed by atoms with Crippen LogP contribution >= 0.6 is 11.8 Å². The zero-order valence-electron chi connectivity index (χ0n) is 19.0. The number of amidine groups is 1. The molecule has 0 saturated heterocycles. The average molecular weight is 487 g/mol. The first-order chi connectivity index (χ1) is 17.1. The molecule has 2 aliphatic rings. The minimum atomic E-state index is -0.259. The molecule has 35 heavy (non-hydrogen) atoms. The second-order valence-corrected chi connectivity index (χ2v) is 8.62. The van der Waals surface area contributed by atoms with E-state index in [2.05, 4.69) is 4.99 Å². The zero-order valence-corrected chi connectivity index (χ0v) is 19.8. The van der Waals surface area contributed by atoms with Crippen LogP contribution in [0.2, 0.25) is 0 Å². The van der Waals surface area contributed by atoms with Gasteiger partial charge in [0.15, 0.2) is 22.4 Å². The molecule has 0 radical (unpaired) electrons. The number of rotatable bonds is 7. The summed E-state index contributed by atoms with van der Waals surface area (Å²) >= 11 is 1.23. The first-order valence-corrected chi connectivity index (χ1v) is 12.1. The van der Waals surface area contributed by atoms with Crippen LogP contribution in [0.4, 0.5) is 5.69 Å². The van der Waals surface area contributed by atoms with E-state index < -0.39 is 0 Å². The average Bonchev–Trinajstić information content (AvgIpc) is 3.47. The Labute approximate surface area is 207 Å². The maximum Gasteiger partial charge on any atom is 0.283 e. The lowest BCUT2D eigenvalue weighted by Crippen LogP contribution is -2.30. The maximum atomic E-state index is 13.3.